The van der Waals surface area contributed by atoms with E-state index in [2.05, 4.69) is 38.7 Å². The molecule has 0 radical (unpaired) electrons. The van der Waals surface area contributed by atoms with Crippen molar-refractivity contribution in [3.8, 4) is 0 Å². The lowest BCUT2D eigenvalue weighted by Gasteiger charge is -2.02. The summed E-state index contributed by atoms with van der Waals surface area (Å²) in [5, 5.41) is 11.3. The average molecular weight is 336 g/mol. The number of aryl methyl sites for hydroxylation is 3. The maximum absolute atomic E-state index is 11.9. The number of carbonyl (C=O) groups excluding carboxylic acids is 1. The Hall–Kier alpha value is -1.87. The van der Waals surface area contributed by atoms with Gasteiger partial charge in [-0.05, 0) is 13.8 Å². The quantitative estimate of drug-likeness (QED) is 0.715. The van der Waals surface area contributed by atoms with E-state index in [0.29, 0.717) is 12.3 Å². The molecule has 0 unspecified atom stereocenters. The van der Waals surface area contributed by atoms with E-state index >= 15 is 0 Å². The summed E-state index contributed by atoms with van der Waals surface area (Å²) >= 11 is 3.02. The molecular formula is C13H16N6OS2. The molecule has 1 amide bonds. The van der Waals surface area contributed by atoms with Crippen molar-refractivity contribution >= 4 is 34.0 Å². The largest absolute Gasteiger partial charge is 0.350 e. The van der Waals surface area contributed by atoms with Crippen LogP contribution in [0.15, 0.2) is 17.7 Å². The molecule has 3 aromatic heterocycles. The van der Waals surface area contributed by atoms with Crippen LogP contribution in [0.5, 0.6) is 0 Å². The Morgan fingerprint density at radius 1 is 1.45 bits per heavy atom. The molecule has 0 bridgehead atoms. The molecule has 22 heavy (non-hydrogen) atoms. The first-order valence-electron chi connectivity index (χ1n) is 6.72. The van der Waals surface area contributed by atoms with E-state index in [1.165, 1.54) is 22.3 Å². The monoisotopic (exact) mass is 336 g/mol. The Labute approximate surface area is 135 Å². The molecule has 0 aromatic carbocycles. The predicted molar refractivity (Wildman–Crippen MR) is 86.1 cm³/mol. The molecule has 3 heterocycles. The molecule has 0 aliphatic rings. The first-order chi connectivity index (χ1) is 10.5. The zero-order chi connectivity index (χ0) is 15.7. The van der Waals surface area contributed by atoms with Crippen LogP contribution in [0.25, 0.3) is 4.96 Å². The third-order valence-electron chi connectivity index (χ3n) is 3.31. The standard InChI is InChI=1S/C13H16N6OS2/c1-8-9(2)22-12-16-10(5-19(8)12)4-14-11(20)6-21-13-17-15-7-18(13)3/h5,7H,4,6H2,1-3H3,(H,14,20). The van der Waals surface area contributed by atoms with Gasteiger partial charge in [0, 0.05) is 23.8 Å². The number of imidazole rings is 1. The molecule has 7 nitrogen and oxygen atoms in total. The molecule has 3 rings (SSSR count). The maximum atomic E-state index is 11.9. The Bertz CT molecular complexity index is 818. The third-order valence-corrected chi connectivity index (χ3v) is 5.41. The Morgan fingerprint density at radius 2 is 2.27 bits per heavy atom. The highest BCUT2D eigenvalue weighted by molar-refractivity contribution is 7.99. The van der Waals surface area contributed by atoms with Gasteiger partial charge >= 0.3 is 0 Å². The van der Waals surface area contributed by atoms with Crippen molar-refractivity contribution in [2.24, 2.45) is 7.05 Å². The van der Waals surface area contributed by atoms with Gasteiger partial charge in [0.15, 0.2) is 10.1 Å². The number of rotatable bonds is 5. The smallest absolute Gasteiger partial charge is 0.230 e. The summed E-state index contributed by atoms with van der Waals surface area (Å²) in [7, 11) is 1.85. The third kappa shape index (κ3) is 3.00. The zero-order valence-corrected chi connectivity index (χ0v) is 14.2. The van der Waals surface area contributed by atoms with E-state index in [1.807, 2.05) is 13.2 Å². The van der Waals surface area contributed by atoms with Gasteiger partial charge in [-0.15, -0.1) is 21.5 Å². The summed E-state index contributed by atoms with van der Waals surface area (Å²) < 4.78 is 3.85. The zero-order valence-electron chi connectivity index (χ0n) is 12.5. The maximum Gasteiger partial charge on any atom is 0.230 e. The predicted octanol–water partition coefficient (Wildman–Crippen LogP) is 1.55. The van der Waals surface area contributed by atoms with Crippen LogP contribution in [0.3, 0.4) is 0 Å². The van der Waals surface area contributed by atoms with Crippen LogP contribution in [0.4, 0.5) is 0 Å². The van der Waals surface area contributed by atoms with Gasteiger partial charge in [-0.1, -0.05) is 11.8 Å². The van der Waals surface area contributed by atoms with Gasteiger partial charge in [-0.3, -0.25) is 9.20 Å². The summed E-state index contributed by atoms with van der Waals surface area (Å²) in [5.74, 6) is 0.268. The fourth-order valence-corrected chi connectivity index (χ4v) is 3.65. The molecule has 116 valence electrons. The Morgan fingerprint density at radius 3 is 2.95 bits per heavy atom. The van der Waals surface area contributed by atoms with Crippen LogP contribution >= 0.6 is 23.1 Å². The molecule has 9 heteroatoms. The number of thioether (sulfide) groups is 1. The summed E-state index contributed by atoms with van der Waals surface area (Å²) in [6.07, 6.45) is 3.59. The number of carbonyl (C=O) groups is 1. The Balaban J connectivity index is 1.54. The van der Waals surface area contributed by atoms with E-state index in [-0.39, 0.29) is 5.91 Å². The summed E-state index contributed by atoms with van der Waals surface area (Å²) in [6, 6.07) is 0. The lowest BCUT2D eigenvalue weighted by atomic mass is 10.4. The molecule has 0 spiro atoms. The van der Waals surface area contributed by atoms with Gasteiger partial charge in [0.25, 0.3) is 0 Å². The molecular weight excluding hydrogens is 320 g/mol. The van der Waals surface area contributed by atoms with E-state index < -0.39 is 0 Å². The number of hydrogen-bond acceptors (Lipinski definition) is 6. The second-order valence-corrected chi connectivity index (χ2v) is 7.04. The van der Waals surface area contributed by atoms with Crippen LogP contribution in [0.2, 0.25) is 0 Å². The minimum atomic E-state index is -0.0442. The molecule has 0 aliphatic carbocycles. The van der Waals surface area contributed by atoms with Crippen molar-refractivity contribution in [2.75, 3.05) is 5.75 Å². The first kappa shape index (κ1) is 15.0. The number of nitrogens with zero attached hydrogens (tertiary/aromatic N) is 5. The second-order valence-electron chi connectivity index (χ2n) is 4.92. The number of aromatic nitrogens is 5. The molecule has 1 N–H and O–H groups in total. The highest BCUT2D eigenvalue weighted by atomic mass is 32.2. The molecule has 0 aliphatic heterocycles. The number of nitrogens with one attached hydrogen (secondary N) is 1. The number of fused-ring (bicyclic) bond motifs is 1. The molecule has 0 saturated carbocycles. The van der Waals surface area contributed by atoms with Crippen LogP contribution in [-0.4, -0.2) is 35.8 Å². The fourth-order valence-electron chi connectivity index (χ4n) is 1.96. The lowest BCUT2D eigenvalue weighted by Crippen LogP contribution is -2.24. The number of amides is 1. The SMILES string of the molecule is Cc1sc2nc(CNC(=O)CSc3nncn3C)cn2c1C. The minimum Gasteiger partial charge on any atom is -0.350 e. The second kappa shape index (κ2) is 6.09. The highest BCUT2D eigenvalue weighted by Crippen LogP contribution is 2.21. The van der Waals surface area contributed by atoms with Gasteiger partial charge in [0.05, 0.1) is 18.0 Å². The fraction of sp³-hybridized carbons (Fsp3) is 0.385. The van der Waals surface area contributed by atoms with Crippen molar-refractivity contribution in [3.63, 3.8) is 0 Å². The molecule has 0 atom stereocenters. The number of hydrogen-bond donors (Lipinski definition) is 1. The summed E-state index contributed by atoms with van der Waals surface area (Å²) in [5.41, 5.74) is 2.06. The highest BCUT2D eigenvalue weighted by Gasteiger charge is 2.10. The van der Waals surface area contributed by atoms with Gasteiger partial charge in [0.2, 0.25) is 5.91 Å². The molecule has 0 fully saturated rings. The van der Waals surface area contributed by atoms with Crippen LogP contribution in [-0.2, 0) is 18.4 Å². The van der Waals surface area contributed by atoms with Crippen molar-refractivity contribution < 1.29 is 4.79 Å². The normalized spacial score (nSPS) is 11.2. The van der Waals surface area contributed by atoms with Gasteiger partial charge < -0.3 is 9.88 Å². The van der Waals surface area contributed by atoms with Gasteiger partial charge in [0.1, 0.15) is 6.33 Å². The van der Waals surface area contributed by atoms with Crippen molar-refractivity contribution in [1.82, 2.24) is 29.5 Å². The topological polar surface area (TPSA) is 77.1 Å². The average Bonchev–Trinajstić information content (AvgIpc) is 3.14. The van der Waals surface area contributed by atoms with Gasteiger partial charge in [-0.2, -0.15) is 0 Å². The molecule has 0 saturated heterocycles. The van der Waals surface area contributed by atoms with Crippen molar-refractivity contribution in [3.05, 3.63) is 28.8 Å². The minimum absolute atomic E-state index is 0.0442. The van der Waals surface area contributed by atoms with Crippen molar-refractivity contribution in [1.29, 1.82) is 0 Å². The van der Waals surface area contributed by atoms with E-state index in [9.17, 15) is 4.79 Å². The van der Waals surface area contributed by atoms with E-state index in [4.69, 9.17) is 0 Å². The van der Waals surface area contributed by atoms with Crippen molar-refractivity contribution in [2.45, 2.75) is 25.5 Å². The van der Waals surface area contributed by atoms with Gasteiger partial charge in [-0.25, -0.2) is 4.98 Å². The first-order valence-corrected chi connectivity index (χ1v) is 8.52. The lowest BCUT2D eigenvalue weighted by molar-refractivity contribution is -0.118. The Kier molecular flexibility index (Phi) is 4.16. The van der Waals surface area contributed by atoms with Crippen LogP contribution in [0, 0.1) is 13.8 Å². The van der Waals surface area contributed by atoms with Crippen LogP contribution in [0.1, 0.15) is 16.3 Å². The number of thiazole rings is 1. The van der Waals surface area contributed by atoms with E-state index in [1.54, 1.807) is 22.2 Å². The summed E-state index contributed by atoms with van der Waals surface area (Å²) in [4.78, 5) is 18.6. The summed E-state index contributed by atoms with van der Waals surface area (Å²) in [6.45, 7) is 4.59. The molecule has 3 aromatic rings. The van der Waals surface area contributed by atoms with E-state index in [0.717, 1.165) is 15.8 Å². The van der Waals surface area contributed by atoms with Crippen LogP contribution < -0.4 is 5.32 Å².